The third kappa shape index (κ3) is 5.69. The van der Waals surface area contributed by atoms with Gasteiger partial charge in [0, 0.05) is 23.7 Å². The van der Waals surface area contributed by atoms with E-state index in [1.165, 1.54) is 14.2 Å². The van der Waals surface area contributed by atoms with Crippen LogP contribution in [0.3, 0.4) is 0 Å². The average molecular weight is 411 g/mol. The Kier molecular flexibility index (Phi) is 7.80. The third-order valence-corrected chi connectivity index (χ3v) is 4.81. The SMILES string of the molecule is COC(=O)CN(CC(=O)OC)C(=O)C1CCCN(C(=O)c2ccc(Cl)cc2)C1. The fourth-order valence-electron chi connectivity index (χ4n) is 3.05. The fraction of sp³-hybridized carbons (Fsp3) is 0.474. The van der Waals surface area contributed by atoms with E-state index in [-0.39, 0.29) is 31.4 Å². The quantitative estimate of drug-likeness (QED) is 0.657. The maximum Gasteiger partial charge on any atom is 0.325 e. The van der Waals surface area contributed by atoms with Crippen molar-refractivity contribution in [2.24, 2.45) is 5.92 Å². The molecule has 1 aliphatic rings. The minimum absolute atomic E-state index is 0.193. The van der Waals surface area contributed by atoms with Crippen LogP contribution < -0.4 is 0 Å². The number of benzene rings is 1. The van der Waals surface area contributed by atoms with Crippen LogP contribution in [0.4, 0.5) is 0 Å². The summed E-state index contributed by atoms with van der Waals surface area (Å²) in [5, 5.41) is 0.532. The summed E-state index contributed by atoms with van der Waals surface area (Å²) >= 11 is 5.86. The second-order valence-electron chi connectivity index (χ2n) is 6.44. The number of nitrogens with zero attached hydrogens (tertiary/aromatic N) is 2. The number of rotatable bonds is 6. The number of carbonyl (C=O) groups is 4. The monoisotopic (exact) mass is 410 g/mol. The van der Waals surface area contributed by atoms with E-state index >= 15 is 0 Å². The van der Waals surface area contributed by atoms with E-state index in [0.717, 1.165) is 4.90 Å². The zero-order chi connectivity index (χ0) is 20.7. The molecule has 152 valence electrons. The molecule has 0 N–H and O–H groups in total. The van der Waals surface area contributed by atoms with Gasteiger partial charge in [-0.05, 0) is 37.1 Å². The number of ether oxygens (including phenoxy) is 2. The number of hydrogen-bond acceptors (Lipinski definition) is 6. The van der Waals surface area contributed by atoms with Crippen LogP contribution in [0.25, 0.3) is 0 Å². The van der Waals surface area contributed by atoms with Crippen molar-refractivity contribution >= 4 is 35.4 Å². The number of likely N-dealkylation sites (tertiary alicyclic amines) is 1. The van der Waals surface area contributed by atoms with Gasteiger partial charge in [-0.2, -0.15) is 0 Å². The second-order valence-corrected chi connectivity index (χ2v) is 6.88. The first kappa shape index (κ1) is 21.7. The number of carbonyl (C=O) groups excluding carboxylic acids is 4. The molecule has 1 saturated heterocycles. The van der Waals surface area contributed by atoms with Gasteiger partial charge >= 0.3 is 11.9 Å². The van der Waals surface area contributed by atoms with Gasteiger partial charge in [0.15, 0.2) is 0 Å². The van der Waals surface area contributed by atoms with Crippen LogP contribution in [0, 0.1) is 5.92 Å². The summed E-state index contributed by atoms with van der Waals surface area (Å²) in [6.45, 7) is 0.0243. The number of piperidine rings is 1. The summed E-state index contributed by atoms with van der Waals surface area (Å²) in [4.78, 5) is 51.6. The molecule has 28 heavy (non-hydrogen) atoms. The Hall–Kier alpha value is -2.61. The third-order valence-electron chi connectivity index (χ3n) is 4.56. The van der Waals surface area contributed by atoms with Gasteiger partial charge in [0.2, 0.25) is 5.91 Å². The van der Waals surface area contributed by atoms with E-state index in [0.29, 0.717) is 30.0 Å². The van der Waals surface area contributed by atoms with Gasteiger partial charge in [0.05, 0.1) is 20.1 Å². The topological polar surface area (TPSA) is 93.2 Å². The lowest BCUT2D eigenvalue weighted by molar-refractivity contribution is -0.154. The Bertz CT molecular complexity index is 718. The van der Waals surface area contributed by atoms with E-state index in [1.54, 1.807) is 29.2 Å². The van der Waals surface area contributed by atoms with Gasteiger partial charge in [-0.25, -0.2) is 0 Å². The summed E-state index contributed by atoms with van der Waals surface area (Å²) in [7, 11) is 2.41. The minimum Gasteiger partial charge on any atom is -0.468 e. The molecule has 1 aliphatic heterocycles. The molecule has 8 nitrogen and oxygen atoms in total. The Morgan fingerprint density at radius 2 is 1.64 bits per heavy atom. The molecule has 1 heterocycles. The second kappa shape index (κ2) is 10.1. The van der Waals surface area contributed by atoms with Crippen molar-refractivity contribution < 1.29 is 28.7 Å². The smallest absolute Gasteiger partial charge is 0.325 e. The molecule has 1 unspecified atom stereocenters. The molecule has 0 aromatic heterocycles. The number of hydrogen-bond donors (Lipinski definition) is 0. The van der Waals surface area contributed by atoms with E-state index < -0.39 is 17.9 Å². The van der Waals surface area contributed by atoms with E-state index in [1.807, 2.05) is 0 Å². The molecule has 0 radical (unpaired) electrons. The average Bonchev–Trinajstić information content (AvgIpc) is 2.72. The Morgan fingerprint density at radius 1 is 1.07 bits per heavy atom. The van der Waals surface area contributed by atoms with E-state index in [9.17, 15) is 19.2 Å². The maximum atomic E-state index is 12.9. The highest BCUT2D eigenvalue weighted by atomic mass is 35.5. The predicted octanol–water partition coefficient (Wildman–Crippen LogP) is 1.37. The Balaban J connectivity index is 2.09. The molecule has 0 bridgehead atoms. The largest absolute Gasteiger partial charge is 0.468 e. The predicted molar refractivity (Wildman–Crippen MR) is 101 cm³/mol. The zero-order valence-corrected chi connectivity index (χ0v) is 16.6. The molecule has 9 heteroatoms. The highest BCUT2D eigenvalue weighted by molar-refractivity contribution is 6.30. The van der Waals surface area contributed by atoms with Crippen LogP contribution in [-0.4, -0.2) is 74.0 Å². The Labute approximate surface area is 168 Å². The molecule has 1 atom stereocenters. The molecule has 1 aromatic rings. The molecular formula is C19H23ClN2O6. The van der Waals surface area contributed by atoms with Crippen molar-refractivity contribution in [1.29, 1.82) is 0 Å². The highest BCUT2D eigenvalue weighted by Gasteiger charge is 2.33. The number of amides is 2. The van der Waals surface area contributed by atoms with Crippen molar-refractivity contribution in [3.05, 3.63) is 34.9 Å². The van der Waals surface area contributed by atoms with Crippen molar-refractivity contribution in [3.63, 3.8) is 0 Å². The van der Waals surface area contributed by atoms with Crippen LogP contribution in [0.15, 0.2) is 24.3 Å². The fourth-order valence-corrected chi connectivity index (χ4v) is 3.17. The summed E-state index contributed by atoms with van der Waals surface area (Å²) < 4.78 is 9.20. The zero-order valence-electron chi connectivity index (χ0n) is 15.9. The van der Waals surface area contributed by atoms with Crippen LogP contribution in [0.1, 0.15) is 23.2 Å². The molecule has 0 spiro atoms. The van der Waals surface area contributed by atoms with Gasteiger partial charge in [-0.15, -0.1) is 0 Å². The van der Waals surface area contributed by atoms with Gasteiger partial charge in [-0.1, -0.05) is 11.6 Å². The van der Waals surface area contributed by atoms with Crippen LogP contribution in [0.5, 0.6) is 0 Å². The van der Waals surface area contributed by atoms with Crippen LogP contribution >= 0.6 is 11.6 Å². The number of methoxy groups -OCH3 is 2. The lowest BCUT2D eigenvalue weighted by Gasteiger charge is -2.34. The van der Waals surface area contributed by atoms with Gasteiger partial charge in [0.25, 0.3) is 5.91 Å². The molecule has 0 saturated carbocycles. The van der Waals surface area contributed by atoms with Gasteiger partial charge < -0.3 is 19.3 Å². The molecule has 2 amide bonds. The highest BCUT2D eigenvalue weighted by Crippen LogP contribution is 2.21. The van der Waals surface area contributed by atoms with Crippen molar-refractivity contribution in [2.45, 2.75) is 12.8 Å². The van der Waals surface area contributed by atoms with Gasteiger partial charge in [0.1, 0.15) is 13.1 Å². The lowest BCUT2D eigenvalue weighted by Crippen LogP contribution is -2.49. The number of halogens is 1. The van der Waals surface area contributed by atoms with Crippen molar-refractivity contribution in [1.82, 2.24) is 9.80 Å². The Morgan fingerprint density at radius 3 is 2.18 bits per heavy atom. The van der Waals surface area contributed by atoms with E-state index in [2.05, 4.69) is 9.47 Å². The maximum absolute atomic E-state index is 12.9. The van der Waals surface area contributed by atoms with Gasteiger partial charge in [-0.3, -0.25) is 19.2 Å². The minimum atomic E-state index is -0.637. The summed E-state index contributed by atoms with van der Waals surface area (Å²) in [6, 6.07) is 6.54. The first-order chi connectivity index (χ1) is 13.3. The van der Waals surface area contributed by atoms with Crippen molar-refractivity contribution in [2.75, 3.05) is 40.4 Å². The molecule has 2 rings (SSSR count). The molecule has 1 aromatic carbocycles. The first-order valence-electron chi connectivity index (χ1n) is 8.83. The number of esters is 2. The summed E-state index contributed by atoms with van der Waals surface area (Å²) in [5.74, 6) is -2.37. The van der Waals surface area contributed by atoms with Crippen molar-refractivity contribution in [3.8, 4) is 0 Å². The van der Waals surface area contributed by atoms with Crippen LogP contribution in [-0.2, 0) is 23.9 Å². The summed E-state index contributed by atoms with van der Waals surface area (Å²) in [6.07, 6.45) is 1.20. The molecule has 0 aliphatic carbocycles. The first-order valence-corrected chi connectivity index (χ1v) is 9.20. The lowest BCUT2D eigenvalue weighted by atomic mass is 9.95. The van der Waals surface area contributed by atoms with Crippen LogP contribution in [0.2, 0.25) is 5.02 Å². The van der Waals surface area contributed by atoms with E-state index in [4.69, 9.17) is 11.6 Å². The summed E-state index contributed by atoms with van der Waals surface area (Å²) in [5.41, 5.74) is 0.485. The normalized spacial score (nSPS) is 16.2. The standard InChI is InChI=1S/C19H23ClN2O6/c1-27-16(23)11-22(12-17(24)28-2)19(26)14-4-3-9-21(10-14)18(25)13-5-7-15(20)8-6-13/h5-8,14H,3-4,9-12H2,1-2H3. The molecule has 1 fully saturated rings. The molecular weight excluding hydrogens is 388 g/mol.